The van der Waals surface area contributed by atoms with E-state index in [1.54, 1.807) is 0 Å². The molecule has 2 aromatic rings. The molecule has 30 heavy (non-hydrogen) atoms. The van der Waals surface area contributed by atoms with E-state index in [9.17, 15) is 8.42 Å². The lowest BCUT2D eigenvalue weighted by molar-refractivity contribution is 0.529. The first kappa shape index (κ1) is 24.6. The number of sulfone groups is 1. The van der Waals surface area contributed by atoms with Crippen molar-refractivity contribution in [1.82, 2.24) is 20.4 Å². The van der Waals surface area contributed by atoms with Crippen LogP contribution in [0.1, 0.15) is 36.7 Å². The molecule has 0 unspecified atom stereocenters. The van der Waals surface area contributed by atoms with E-state index in [0.717, 1.165) is 42.0 Å². The Labute approximate surface area is 196 Å². The van der Waals surface area contributed by atoms with E-state index in [2.05, 4.69) is 33.9 Å². The zero-order valence-electron chi connectivity index (χ0n) is 18.1. The van der Waals surface area contributed by atoms with Crippen LogP contribution in [0.2, 0.25) is 0 Å². The van der Waals surface area contributed by atoms with Crippen molar-refractivity contribution in [3.05, 3.63) is 47.3 Å². The fourth-order valence-electron chi connectivity index (χ4n) is 3.61. The molecule has 0 atom stereocenters. The summed E-state index contributed by atoms with van der Waals surface area (Å²) in [4.78, 5) is 4.74. The van der Waals surface area contributed by atoms with Crippen LogP contribution in [0.4, 0.5) is 0 Å². The number of para-hydroxylation sites is 1. The molecule has 1 aromatic carbocycles. The first-order valence-corrected chi connectivity index (χ1v) is 12.1. The second kappa shape index (κ2) is 10.1. The Balaban J connectivity index is 0.00000320. The highest BCUT2D eigenvalue weighted by atomic mass is 127. The number of aromatic nitrogens is 2. The van der Waals surface area contributed by atoms with Gasteiger partial charge in [-0.2, -0.15) is 5.10 Å². The van der Waals surface area contributed by atoms with E-state index in [4.69, 9.17) is 4.99 Å². The van der Waals surface area contributed by atoms with Crippen molar-refractivity contribution in [3.8, 4) is 5.69 Å². The highest BCUT2D eigenvalue weighted by molar-refractivity contribution is 14.0. The summed E-state index contributed by atoms with van der Waals surface area (Å²) < 4.78 is 25.3. The first-order chi connectivity index (χ1) is 13.7. The highest BCUT2D eigenvalue weighted by Gasteiger charge is 2.45. The van der Waals surface area contributed by atoms with Gasteiger partial charge in [-0.1, -0.05) is 18.2 Å². The molecule has 2 N–H and O–H groups in total. The number of benzene rings is 1. The fourth-order valence-corrected chi connectivity index (χ4v) is 5.11. The minimum Gasteiger partial charge on any atom is -0.357 e. The number of hydrogen-bond donors (Lipinski definition) is 2. The van der Waals surface area contributed by atoms with E-state index in [1.165, 1.54) is 6.26 Å². The third kappa shape index (κ3) is 6.69. The number of halogens is 1. The second-order valence-electron chi connectivity index (χ2n) is 8.09. The number of hydrogen-bond acceptors (Lipinski definition) is 4. The van der Waals surface area contributed by atoms with Gasteiger partial charge in [0.2, 0.25) is 0 Å². The number of nitrogens with one attached hydrogen (secondary N) is 2. The third-order valence-corrected chi connectivity index (χ3v) is 6.27. The molecule has 9 heteroatoms. The quantitative estimate of drug-likeness (QED) is 0.303. The lowest BCUT2D eigenvalue weighted by atomic mass is 10.1. The molecule has 0 bridgehead atoms. The molecule has 0 radical (unpaired) electrons. The van der Waals surface area contributed by atoms with E-state index in [-0.39, 0.29) is 35.1 Å². The van der Waals surface area contributed by atoms with Gasteiger partial charge in [0.1, 0.15) is 9.84 Å². The maximum Gasteiger partial charge on any atom is 0.191 e. The Kier molecular flexibility index (Phi) is 8.32. The molecule has 0 aliphatic heterocycles. The second-order valence-corrected chi connectivity index (χ2v) is 10.2. The van der Waals surface area contributed by atoms with Crippen molar-refractivity contribution in [3.63, 3.8) is 0 Å². The van der Waals surface area contributed by atoms with Gasteiger partial charge < -0.3 is 10.6 Å². The number of nitrogens with zero attached hydrogens (tertiary/aromatic N) is 3. The Morgan fingerprint density at radius 2 is 1.93 bits per heavy atom. The van der Waals surface area contributed by atoms with E-state index >= 15 is 0 Å². The van der Waals surface area contributed by atoms with E-state index < -0.39 is 9.84 Å². The summed E-state index contributed by atoms with van der Waals surface area (Å²) in [7, 11) is -2.98. The molecule has 0 spiro atoms. The molecule has 0 amide bonds. The van der Waals surface area contributed by atoms with Crippen LogP contribution in [0.15, 0.2) is 35.3 Å². The van der Waals surface area contributed by atoms with Crippen LogP contribution < -0.4 is 10.6 Å². The molecule has 1 aliphatic carbocycles. The number of aliphatic imine (C=N–C) groups is 1. The molecule has 1 saturated carbocycles. The topological polar surface area (TPSA) is 88.4 Å². The van der Waals surface area contributed by atoms with E-state index in [1.807, 2.05) is 37.6 Å². The standard InChI is InChI=1S/C21H31N5O2S.HI/c1-5-22-20(24-14-21(10-11-21)15-29(4,27)28)23-13-18-8-6-7-9-19(18)26-17(3)12-16(2)25-26;/h6-9,12H,5,10-11,13-15H2,1-4H3,(H2,22,23,24);1H. The molecule has 166 valence electrons. The largest absolute Gasteiger partial charge is 0.357 e. The van der Waals surface area contributed by atoms with Crippen molar-refractivity contribution in [2.45, 2.75) is 40.2 Å². The molecule has 7 nitrogen and oxygen atoms in total. The minimum absolute atomic E-state index is 0. The van der Waals surface area contributed by atoms with Gasteiger partial charge >= 0.3 is 0 Å². The van der Waals surface area contributed by atoms with Gasteiger partial charge in [-0.25, -0.2) is 18.1 Å². The molecule has 1 heterocycles. The Morgan fingerprint density at radius 1 is 1.23 bits per heavy atom. The monoisotopic (exact) mass is 545 g/mol. The number of rotatable bonds is 8. The van der Waals surface area contributed by atoms with Crippen molar-refractivity contribution in [2.75, 3.05) is 25.1 Å². The molecule has 0 saturated heterocycles. The summed E-state index contributed by atoms with van der Waals surface area (Å²) in [5, 5.41) is 11.2. The molecule has 3 rings (SSSR count). The zero-order chi connectivity index (χ0) is 21.1. The third-order valence-electron chi connectivity index (χ3n) is 5.14. The molecule has 1 fully saturated rings. The lowest BCUT2D eigenvalue weighted by Gasteiger charge is -2.18. The van der Waals surface area contributed by atoms with E-state index in [0.29, 0.717) is 19.0 Å². The fraction of sp³-hybridized carbons (Fsp3) is 0.524. The molecule has 1 aliphatic rings. The van der Waals surface area contributed by atoms with Gasteiger partial charge in [0.15, 0.2) is 5.96 Å². The summed E-state index contributed by atoms with van der Waals surface area (Å²) in [6.07, 6.45) is 3.18. The molecule has 1 aromatic heterocycles. The summed E-state index contributed by atoms with van der Waals surface area (Å²) in [5.41, 5.74) is 4.02. The van der Waals surface area contributed by atoms with Crippen molar-refractivity contribution in [2.24, 2.45) is 10.4 Å². The number of aryl methyl sites for hydroxylation is 2. The van der Waals surface area contributed by atoms with Crippen LogP contribution in [0.25, 0.3) is 5.69 Å². The van der Waals surface area contributed by atoms with Crippen LogP contribution in [-0.2, 0) is 16.4 Å². The Bertz CT molecular complexity index is 997. The predicted octanol–water partition coefficient (Wildman–Crippen LogP) is 2.99. The van der Waals surface area contributed by atoms with Crippen molar-refractivity contribution in [1.29, 1.82) is 0 Å². The zero-order valence-corrected chi connectivity index (χ0v) is 21.3. The van der Waals surface area contributed by atoms with Crippen molar-refractivity contribution < 1.29 is 8.42 Å². The maximum absolute atomic E-state index is 11.7. The molecular weight excluding hydrogens is 513 g/mol. The van der Waals surface area contributed by atoms with Crippen LogP contribution in [0, 0.1) is 19.3 Å². The van der Waals surface area contributed by atoms with Crippen molar-refractivity contribution >= 4 is 39.8 Å². The lowest BCUT2D eigenvalue weighted by Crippen LogP contribution is -2.41. The van der Waals surface area contributed by atoms with Crippen LogP contribution in [-0.4, -0.2) is 49.3 Å². The molecular formula is C21H32IN5O2S. The van der Waals surface area contributed by atoms with Gasteiger partial charge in [-0.3, -0.25) is 0 Å². The maximum atomic E-state index is 11.7. The van der Waals surface area contributed by atoms with Gasteiger partial charge in [-0.05, 0) is 51.3 Å². The minimum atomic E-state index is -2.98. The van der Waals surface area contributed by atoms with Crippen LogP contribution in [0.3, 0.4) is 0 Å². The summed E-state index contributed by atoms with van der Waals surface area (Å²) >= 11 is 0. The average Bonchev–Trinajstić information content (AvgIpc) is 3.31. The number of guanidine groups is 1. The highest BCUT2D eigenvalue weighted by Crippen LogP contribution is 2.46. The van der Waals surface area contributed by atoms with Gasteiger partial charge in [0.05, 0.1) is 23.7 Å². The summed E-state index contributed by atoms with van der Waals surface area (Å²) in [6, 6.07) is 10.2. The van der Waals surface area contributed by atoms with Gasteiger partial charge in [0, 0.05) is 30.5 Å². The van der Waals surface area contributed by atoms with Crippen LogP contribution >= 0.6 is 24.0 Å². The predicted molar refractivity (Wildman–Crippen MR) is 133 cm³/mol. The van der Waals surface area contributed by atoms with Crippen LogP contribution in [0.5, 0.6) is 0 Å². The van der Waals surface area contributed by atoms with Gasteiger partial charge in [-0.15, -0.1) is 24.0 Å². The normalized spacial score (nSPS) is 15.4. The Morgan fingerprint density at radius 3 is 2.50 bits per heavy atom. The average molecular weight is 545 g/mol. The first-order valence-electron chi connectivity index (χ1n) is 10.0. The smallest absolute Gasteiger partial charge is 0.191 e. The summed E-state index contributed by atoms with van der Waals surface area (Å²) in [6.45, 7) is 7.91. The van der Waals surface area contributed by atoms with Gasteiger partial charge in [0.25, 0.3) is 0 Å². The summed E-state index contributed by atoms with van der Waals surface area (Å²) in [5.74, 6) is 0.933. The Hall–Kier alpha value is -1.62. The SMILES string of the molecule is CCNC(=NCc1ccccc1-n1nc(C)cc1C)NCC1(CS(C)(=O)=O)CC1.I.